The molecule has 6 rings (SSSR count). The Morgan fingerprint density at radius 1 is 1.06 bits per heavy atom. The molecule has 2 heterocycles. The van der Waals surface area contributed by atoms with Gasteiger partial charge in [-0.25, -0.2) is 0 Å². The molecule has 6 heteroatoms. The Bertz CT molecular complexity index is 1010. The van der Waals surface area contributed by atoms with Gasteiger partial charge in [0.1, 0.15) is 11.5 Å². The number of fused-ring (bicyclic) bond motifs is 5. The number of esters is 2. The van der Waals surface area contributed by atoms with E-state index in [0.29, 0.717) is 24.8 Å². The van der Waals surface area contributed by atoms with E-state index in [1.54, 1.807) is 13.8 Å². The summed E-state index contributed by atoms with van der Waals surface area (Å²) in [6.07, 6.45) is 4.70. The lowest BCUT2D eigenvalue weighted by Gasteiger charge is -2.70. The first-order valence-electron chi connectivity index (χ1n) is 11.9. The van der Waals surface area contributed by atoms with Crippen molar-refractivity contribution in [2.24, 2.45) is 44.8 Å². The van der Waals surface area contributed by atoms with Crippen LogP contribution in [0.1, 0.15) is 67.2 Å². The first-order valence-corrected chi connectivity index (χ1v) is 11.9. The molecule has 2 aliphatic heterocycles. The third-order valence-electron chi connectivity index (χ3n) is 10.9. The number of ether oxygens (including phenoxy) is 2. The molecular weight excluding hydrogens is 408 g/mol. The van der Waals surface area contributed by atoms with Crippen molar-refractivity contribution in [1.82, 2.24) is 0 Å². The summed E-state index contributed by atoms with van der Waals surface area (Å²) in [5.74, 6) is -2.60. The van der Waals surface area contributed by atoms with Crippen LogP contribution in [0.2, 0.25) is 0 Å². The first kappa shape index (κ1) is 21.8. The average Bonchev–Trinajstić information content (AvgIpc) is 2.90. The van der Waals surface area contributed by atoms with Crippen LogP contribution in [0.25, 0.3) is 0 Å². The van der Waals surface area contributed by atoms with Gasteiger partial charge in [-0.05, 0) is 57.8 Å². The van der Waals surface area contributed by atoms with Crippen molar-refractivity contribution in [3.8, 4) is 0 Å². The van der Waals surface area contributed by atoms with Crippen LogP contribution >= 0.6 is 0 Å². The predicted molar refractivity (Wildman–Crippen MR) is 115 cm³/mol. The van der Waals surface area contributed by atoms with Crippen LogP contribution < -0.4 is 0 Å². The Kier molecular flexibility index (Phi) is 4.04. The second-order valence-corrected chi connectivity index (χ2v) is 11.9. The molecule has 0 unspecified atom stereocenters. The molecule has 5 fully saturated rings. The highest BCUT2D eigenvalue weighted by Gasteiger charge is 2.84. The summed E-state index contributed by atoms with van der Waals surface area (Å²) in [7, 11) is 1.29. The third-order valence-corrected chi connectivity index (χ3v) is 10.9. The van der Waals surface area contributed by atoms with Crippen LogP contribution in [0.4, 0.5) is 0 Å². The quantitative estimate of drug-likeness (QED) is 0.350. The number of methoxy groups -OCH3 is 1. The highest BCUT2D eigenvalue weighted by molar-refractivity contribution is 6.25. The van der Waals surface area contributed by atoms with Gasteiger partial charge in [-0.2, -0.15) is 0 Å². The molecule has 0 aromatic heterocycles. The molecule has 3 saturated carbocycles. The Morgan fingerprint density at radius 2 is 1.72 bits per heavy atom. The number of Topliss-reactive ketones (excluding diaryl/α,β-unsaturated/α-hetero) is 2. The summed E-state index contributed by atoms with van der Waals surface area (Å²) in [6, 6.07) is 0. The zero-order valence-corrected chi connectivity index (χ0v) is 20.2. The molecule has 6 nitrogen and oxygen atoms in total. The largest absolute Gasteiger partial charge is 0.468 e. The van der Waals surface area contributed by atoms with E-state index >= 15 is 0 Å². The molecule has 0 aromatic carbocycles. The first-order chi connectivity index (χ1) is 14.8. The van der Waals surface area contributed by atoms with E-state index in [2.05, 4.69) is 19.9 Å². The molecule has 1 spiro atoms. The van der Waals surface area contributed by atoms with Crippen LogP contribution in [0, 0.1) is 44.8 Å². The zero-order valence-electron chi connectivity index (χ0n) is 20.2. The molecule has 4 aliphatic carbocycles. The Hall–Kier alpha value is -1.98. The lowest BCUT2D eigenvalue weighted by molar-refractivity contribution is -0.261. The monoisotopic (exact) mass is 442 g/mol. The van der Waals surface area contributed by atoms with Crippen molar-refractivity contribution >= 4 is 23.5 Å². The molecule has 32 heavy (non-hydrogen) atoms. The fourth-order valence-corrected chi connectivity index (χ4v) is 9.31. The molecular formula is C26H34O6. The minimum Gasteiger partial charge on any atom is -0.468 e. The van der Waals surface area contributed by atoms with E-state index in [1.165, 1.54) is 7.11 Å². The second-order valence-electron chi connectivity index (χ2n) is 11.9. The van der Waals surface area contributed by atoms with Crippen molar-refractivity contribution in [3.63, 3.8) is 0 Å². The number of rotatable bonds is 1. The Balaban J connectivity index is 1.85. The van der Waals surface area contributed by atoms with Crippen LogP contribution in [-0.4, -0.2) is 36.7 Å². The van der Waals surface area contributed by atoms with Crippen LogP contribution in [-0.2, 0) is 28.7 Å². The summed E-state index contributed by atoms with van der Waals surface area (Å²) < 4.78 is 11.3. The Labute approximate surface area is 189 Å². The van der Waals surface area contributed by atoms with E-state index in [4.69, 9.17) is 9.47 Å². The third kappa shape index (κ3) is 1.82. The minimum absolute atomic E-state index is 0.0980. The topological polar surface area (TPSA) is 86.7 Å². The van der Waals surface area contributed by atoms with E-state index in [9.17, 15) is 19.2 Å². The van der Waals surface area contributed by atoms with Gasteiger partial charge < -0.3 is 9.47 Å². The number of carbonyl (C=O) groups excluding carboxylic acids is 4. The van der Waals surface area contributed by atoms with E-state index in [1.807, 2.05) is 13.8 Å². The van der Waals surface area contributed by atoms with Gasteiger partial charge in [0.15, 0.2) is 11.6 Å². The van der Waals surface area contributed by atoms with Crippen LogP contribution in [0.5, 0.6) is 0 Å². The average molecular weight is 443 g/mol. The van der Waals surface area contributed by atoms with E-state index < -0.39 is 33.5 Å². The number of allylic oxidation sites excluding steroid dienone is 2. The van der Waals surface area contributed by atoms with Crippen molar-refractivity contribution < 1.29 is 28.7 Å². The SMILES string of the molecule is COC(=O)[C@]12C(=O)[C@@H](C)C(=O)[C@]1(C)C(C)=C[C@H]1[C@]34CC[C@H](OC3=O)C(C)(C)[C@H]4CC[C@]12C. The van der Waals surface area contributed by atoms with Gasteiger partial charge in [0.25, 0.3) is 0 Å². The minimum atomic E-state index is -1.65. The van der Waals surface area contributed by atoms with Gasteiger partial charge >= 0.3 is 11.9 Å². The zero-order chi connectivity index (χ0) is 23.6. The lowest BCUT2D eigenvalue weighted by Crippen LogP contribution is -2.74. The van der Waals surface area contributed by atoms with E-state index in [-0.39, 0.29) is 40.9 Å². The number of ketones is 2. The summed E-state index contributed by atoms with van der Waals surface area (Å²) in [4.78, 5) is 54.9. The molecule has 2 saturated heterocycles. The van der Waals surface area contributed by atoms with Gasteiger partial charge in [0, 0.05) is 11.3 Å². The summed E-state index contributed by atoms with van der Waals surface area (Å²) >= 11 is 0. The van der Waals surface area contributed by atoms with Crippen molar-refractivity contribution in [3.05, 3.63) is 11.6 Å². The highest BCUT2D eigenvalue weighted by Crippen LogP contribution is 2.77. The normalized spacial score (nSPS) is 50.7. The fraction of sp³-hybridized carbons (Fsp3) is 0.769. The molecule has 0 radical (unpaired) electrons. The molecule has 0 N–H and O–H groups in total. The van der Waals surface area contributed by atoms with Crippen LogP contribution in [0.3, 0.4) is 0 Å². The standard InChI is InChI=1S/C26H34O6/c1-13-12-16-23(5,26(21(30)31-7)19(28)14(2)18(27)24(13,26)6)10-8-15-22(3,4)17-9-11-25(15,16)20(29)32-17/h12,14-17H,8-11H2,1-7H3/t14-,15+,16+,17-,23+,24-,25+,26-/m0/s1. The van der Waals surface area contributed by atoms with Gasteiger partial charge in [0.2, 0.25) is 0 Å². The van der Waals surface area contributed by atoms with Gasteiger partial charge in [-0.3, -0.25) is 19.2 Å². The maximum absolute atomic E-state index is 14.0. The number of hydrogen-bond donors (Lipinski definition) is 0. The van der Waals surface area contributed by atoms with Gasteiger partial charge in [-0.1, -0.05) is 32.4 Å². The number of carbonyl (C=O) groups is 4. The predicted octanol–water partition coefficient (Wildman–Crippen LogP) is 3.66. The second kappa shape index (κ2) is 5.92. The molecule has 0 aromatic rings. The Morgan fingerprint density at radius 3 is 2.31 bits per heavy atom. The van der Waals surface area contributed by atoms with Gasteiger partial charge in [0.05, 0.1) is 23.9 Å². The van der Waals surface area contributed by atoms with Crippen molar-refractivity contribution in [2.45, 2.75) is 73.3 Å². The summed E-state index contributed by atoms with van der Waals surface area (Å²) in [5, 5.41) is 0. The van der Waals surface area contributed by atoms with Crippen molar-refractivity contribution in [2.75, 3.05) is 7.11 Å². The molecule has 174 valence electrons. The lowest BCUT2D eigenvalue weighted by atomic mass is 9.33. The highest BCUT2D eigenvalue weighted by atomic mass is 16.6. The summed E-state index contributed by atoms with van der Waals surface area (Å²) in [5.41, 5.74) is -4.14. The molecule has 0 amide bonds. The van der Waals surface area contributed by atoms with Gasteiger partial charge in [-0.15, -0.1) is 0 Å². The smallest absolute Gasteiger partial charge is 0.321 e. The van der Waals surface area contributed by atoms with E-state index in [0.717, 1.165) is 6.42 Å². The van der Waals surface area contributed by atoms with Crippen molar-refractivity contribution in [1.29, 1.82) is 0 Å². The fourth-order valence-electron chi connectivity index (χ4n) is 9.31. The maximum atomic E-state index is 14.0. The molecule has 6 aliphatic rings. The molecule has 8 atom stereocenters. The number of hydrogen-bond acceptors (Lipinski definition) is 6. The molecule has 2 bridgehead atoms. The maximum Gasteiger partial charge on any atom is 0.321 e. The summed E-state index contributed by atoms with van der Waals surface area (Å²) in [6.45, 7) is 11.5. The van der Waals surface area contributed by atoms with Crippen LogP contribution in [0.15, 0.2) is 11.6 Å².